The van der Waals surface area contributed by atoms with Gasteiger partial charge in [0.2, 0.25) is 0 Å². The van der Waals surface area contributed by atoms with Crippen molar-refractivity contribution in [1.82, 2.24) is 0 Å². The van der Waals surface area contributed by atoms with Crippen LogP contribution in [0.3, 0.4) is 0 Å². The predicted molar refractivity (Wildman–Crippen MR) is 47.6 cm³/mol. The van der Waals surface area contributed by atoms with E-state index in [2.05, 4.69) is 11.9 Å². The smallest absolute Gasteiger partial charge is 0.0909 e. The van der Waals surface area contributed by atoms with Gasteiger partial charge in [0.1, 0.15) is 0 Å². The Morgan fingerprint density at radius 3 is 2.80 bits per heavy atom. The summed E-state index contributed by atoms with van der Waals surface area (Å²) in [5.74, 6) is 1.87. The molecule has 1 aliphatic heterocycles. The summed E-state index contributed by atoms with van der Waals surface area (Å²) in [6, 6.07) is 0.491. The van der Waals surface area contributed by atoms with Crippen molar-refractivity contribution in [3.8, 4) is 0 Å². The van der Waals surface area contributed by atoms with Crippen molar-refractivity contribution >= 4 is 17.6 Å². The predicted octanol–water partition coefficient (Wildman–Crippen LogP) is 1.26. The second-order valence-electron chi connectivity index (χ2n) is 2.80. The van der Waals surface area contributed by atoms with Gasteiger partial charge in [-0.2, -0.15) is 11.8 Å². The van der Waals surface area contributed by atoms with Crippen LogP contribution in [-0.2, 0) is 0 Å². The number of hydrogen-bond acceptors (Lipinski definition) is 2. The molecule has 3 heteroatoms. The van der Waals surface area contributed by atoms with E-state index in [1.54, 1.807) is 0 Å². The van der Waals surface area contributed by atoms with E-state index in [4.69, 9.17) is 5.73 Å². The van der Waals surface area contributed by atoms with Gasteiger partial charge in [-0.25, -0.2) is 0 Å². The topological polar surface area (TPSA) is 38.4 Å². The first-order chi connectivity index (χ1) is 4.68. The molecule has 0 aliphatic carbocycles. The Kier molecular flexibility index (Phi) is 2.60. The Morgan fingerprint density at radius 2 is 2.40 bits per heavy atom. The molecule has 58 valence electrons. The van der Waals surface area contributed by atoms with Crippen molar-refractivity contribution in [2.75, 3.05) is 5.75 Å². The monoisotopic (exact) mass is 158 g/mol. The van der Waals surface area contributed by atoms with Gasteiger partial charge in [-0.3, -0.25) is 4.99 Å². The second kappa shape index (κ2) is 3.28. The molecule has 0 aromatic heterocycles. The maximum Gasteiger partial charge on any atom is 0.0909 e. The van der Waals surface area contributed by atoms with E-state index < -0.39 is 0 Å². The van der Waals surface area contributed by atoms with Crippen molar-refractivity contribution in [2.24, 2.45) is 10.7 Å². The van der Waals surface area contributed by atoms with E-state index in [1.165, 1.54) is 6.42 Å². The molecule has 1 rings (SSSR count). The summed E-state index contributed by atoms with van der Waals surface area (Å²) in [4.78, 5) is 4.30. The molecule has 0 amide bonds. The largest absolute Gasteiger partial charge is 0.388 e. The highest BCUT2D eigenvalue weighted by Gasteiger charge is 2.20. The zero-order chi connectivity index (χ0) is 7.56. The van der Waals surface area contributed by atoms with Crippen LogP contribution >= 0.6 is 11.8 Å². The highest BCUT2D eigenvalue weighted by Crippen LogP contribution is 2.27. The number of rotatable bonds is 1. The van der Waals surface area contributed by atoms with Gasteiger partial charge in [0.05, 0.1) is 11.9 Å². The minimum Gasteiger partial charge on any atom is -0.388 e. The molecule has 2 N–H and O–H groups in total. The maximum atomic E-state index is 5.46. The Morgan fingerprint density at radius 1 is 1.70 bits per heavy atom. The molecule has 0 bridgehead atoms. The third kappa shape index (κ3) is 2.21. The van der Waals surface area contributed by atoms with E-state index in [0.29, 0.717) is 6.04 Å². The molecule has 0 spiro atoms. The highest BCUT2D eigenvalue weighted by molar-refractivity contribution is 8.00. The molecule has 2 unspecified atom stereocenters. The Balaban J connectivity index is 2.38. The molecule has 10 heavy (non-hydrogen) atoms. The molecule has 2 nitrogen and oxygen atoms in total. The first-order valence-electron chi connectivity index (χ1n) is 3.60. The van der Waals surface area contributed by atoms with Crippen molar-refractivity contribution < 1.29 is 0 Å². The van der Waals surface area contributed by atoms with Gasteiger partial charge in [0.15, 0.2) is 0 Å². The summed E-state index contributed by atoms with van der Waals surface area (Å²) >= 11 is 1.98. The number of amidine groups is 1. The van der Waals surface area contributed by atoms with E-state index in [1.807, 2.05) is 18.7 Å². The number of nitrogens with two attached hydrogens (primary N) is 1. The number of thioether (sulfide) groups is 1. The fraction of sp³-hybridized carbons (Fsp3) is 0.857. The van der Waals surface area contributed by atoms with E-state index in [9.17, 15) is 0 Å². The number of aliphatic imine (C=N–C) groups is 1. The second-order valence-corrected chi connectivity index (χ2v) is 4.28. The minimum absolute atomic E-state index is 0.491. The molecule has 2 atom stereocenters. The normalized spacial score (nSPS) is 34.8. The van der Waals surface area contributed by atoms with Gasteiger partial charge in [0, 0.05) is 11.0 Å². The van der Waals surface area contributed by atoms with Crippen molar-refractivity contribution in [3.63, 3.8) is 0 Å². The highest BCUT2D eigenvalue weighted by atomic mass is 32.2. The van der Waals surface area contributed by atoms with E-state index in [0.717, 1.165) is 16.8 Å². The van der Waals surface area contributed by atoms with Crippen LogP contribution in [0.1, 0.15) is 20.3 Å². The van der Waals surface area contributed by atoms with Crippen LogP contribution in [0.15, 0.2) is 4.99 Å². The van der Waals surface area contributed by atoms with Gasteiger partial charge in [-0.15, -0.1) is 0 Å². The van der Waals surface area contributed by atoms with Crippen molar-refractivity contribution in [3.05, 3.63) is 0 Å². The molecule has 0 radical (unpaired) electrons. The first kappa shape index (κ1) is 7.92. The molecule has 0 aromatic carbocycles. The molecular weight excluding hydrogens is 144 g/mol. The zero-order valence-electron chi connectivity index (χ0n) is 6.50. The molecule has 1 aliphatic rings. The molecule has 1 fully saturated rings. The van der Waals surface area contributed by atoms with Gasteiger partial charge < -0.3 is 5.73 Å². The van der Waals surface area contributed by atoms with Gasteiger partial charge in [-0.1, -0.05) is 6.92 Å². The summed E-state index contributed by atoms with van der Waals surface area (Å²) in [6.07, 6.45) is 1.19. The molecule has 1 heterocycles. The van der Waals surface area contributed by atoms with Gasteiger partial charge in [-0.05, 0) is 13.3 Å². The zero-order valence-corrected chi connectivity index (χ0v) is 7.32. The first-order valence-corrected chi connectivity index (χ1v) is 4.65. The summed E-state index contributed by atoms with van der Waals surface area (Å²) in [5.41, 5.74) is 5.46. The van der Waals surface area contributed by atoms with Crippen LogP contribution in [0.25, 0.3) is 0 Å². The lowest BCUT2D eigenvalue weighted by Gasteiger charge is -2.00. The average molecular weight is 158 g/mol. The lowest BCUT2D eigenvalue weighted by molar-refractivity contribution is 0.706. The fourth-order valence-electron chi connectivity index (χ4n) is 1.17. The number of hydrogen-bond donors (Lipinski definition) is 1. The average Bonchev–Trinajstić information content (AvgIpc) is 2.13. The summed E-state index contributed by atoms with van der Waals surface area (Å²) in [5, 5.41) is 0.771. The lowest BCUT2D eigenvalue weighted by atomic mass is 10.2. The van der Waals surface area contributed by atoms with Crippen LogP contribution in [0.4, 0.5) is 0 Å². The minimum atomic E-state index is 0.491. The Labute approximate surface area is 66.3 Å². The molecule has 0 saturated carbocycles. The van der Waals surface area contributed by atoms with Gasteiger partial charge >= 0.3 is 0 Å². The van der Waals surface area contributed by atoms with Crippen LogP contribution < -0.4 is 5.73 Å². The Hall–Kier alpha value is -0.180. The summed E-state index contributed by atoms with van der Waals surface area (Å²) in [6.45, 7) is 4.10. The quantitative estimate of drug-likeness (QED) is 0.461. The van der Waals surface area contributed by atoms with Gasteiger partial charge in [0.25, 0.3) is 0 Å². The summed E-state index contributed by atoms with van der Waals surface area (Å²) < 4.78 is 0. The van der Waals surface area contributed by atoms with Crippen molar-refractivity contribution in [1.29, 1.82) is 0 Å². The van der Waals surface area contributed by atoms with Crippen LogP contribution in [-0.4, -0.2) is 22.9 Å². The standard InChI is InChI=1S/C7H14N2S/c1-5-3-7(4-10-5)9-6(2)8/h5,7H,3-4H2,1-2H3,(H2,8,9). The molecular formula is C7H14N2S. The third-order valence-corrected chi connectivity index (χ3v) is 2.90. The van der Waals surface area contributed by atoms with Crippen molar-refractivity contribution in [2.45, 2.75) is 31.6 Å². The number of nitrogens with zero attached hydrogens (tertiary/aromatic N) is 1. The fourth-order valence-corrected chi connectivity index (χ4v) is 2.29. The van der Waals surface area contributed by atoms with Crippen LogP contribution in [0.2, 0.25) is 0 Å². The van der Waals surface area contributed by atoms with Crippen LogP contribution in [0, 0.1) is 0 Å². The van der Waals surface area contributed by atoms with E-state index in [-0.39, 0.29) is 0 Å². The maximum absolute atomic E-state index is 5.46. The SMILES string of the molecule is CC(N)=NC1CSC(C)C1. The third-order valence-electron chi connectivity index (χ3n) is 1.56. The molecule has 1 saturated heterocycles. The van der Waals surface area contributed by atoms with E-state index >= 15 is 0 Å². The lowest BCUT2D eigenvalue weighted by Crippen LogP contribution is -2.12. The molecule has 0 aromatic rings. The van der Waals surface area contributed by atoms with Crippen LogP contribution in [0.5, 0.6) is 0 Å². The summed E-state index contributed by atoms with van der Waals surface area (Å²) in [7, 11) is 0. The Bertz CT molecular complexity index is 141.